The molecule has 0 unspecified atom stereocenters. The number of nitrogens with zero attached hydrogens (tertiary/aromatic N) is 4. The Morgan fingerprint density at radius 2 is 1.64 bits per heavy atom. The fourth-order valence-corrected chi connectivity index (χ4v) is 4.79. The van der Waals surface area contributed by atoms with E-state index in [4.69, 9.17) is 4.98 Å². The molecule has 4 rings (SSSR count). The predicted molar refractivity (Wildman–Crippen MR) is 114 cm³/mol. The topological polar surface area (TPSA) is 39.7 Å². The molecule has 0 aliphatic carbocycles. The second kappa shape index (κ2) is 9.16. The van der Waals surface area contributed by atoms with Gasteiger partial charge < -0.3 is 4.90 Å². The van der Waals surface area contributed by atoms with E-state index in [0.29, 0.717) is 12.5 Å². The molecular formula is C22H30N4OS. The van der Waals surface area contributed by atoms with Crippen LogP contribution >= 0.6 is 11.3 Å². The molecule has 1 aromatic carbocycles. The summed E-state index contributed by atoms with van der Waals surface area (Å²) >= 11 is 1.72. The molecule has 0 spiro atoms. The van der Waals surface area contributed by atoms with Gasteiger partial charge in [-0.3, -0.25) is 14.6 Å². The van der Waals surface area contributed by atoms with Gasteiger partial charge in [0.05, 0.1) is 12.2 Å². The molecular weight excluding hydrogens is 368 g/mol. The molecule has 3 heterocycles. The molecule has 2 fully saturated rings. The number of aromatic nitrogens is 1. The zero-order valence-electron chi connectivity index (χ0n) is 16.8. The summed E-state index contributed by atoms with van der Waals surface area (Å²) in [5.41, 5.74) is 3.62. The van der Waals surface area contributed by atoms with Gasteiger partial charge in [0.15, 0.2) is 0 Å². The molecule has 5 nitrogen and oxygen atoms in total. The number of hydrogen-bond acceptors (Lipinski definition) is 5. The summed E-state index contributed by atoms with van der Waals surface area (Å²) in [4.78, 5) is 24.1. The molecule has 1 aromatic heterocycles. The van der Waals surface area contributed by atoms with Gasteiger partial charge in [0.25, 0.3) is 0 Å². The number of thiazole rings is 1. The lowest BCUT2D eigenvalue weighted by Crippen LogP contribution is -2.50. The number of carbonyl (C=O) groups excluding carboxylic acids is 1. The van der Waals surface area contributed by atoms with Gasteiger partial charge in [-0.25, -0.2) is 4.98 Å². The Morgan fingerprint density at radius 3 is 2.36 bits per heavy atom. The van der Waals surface area contributed by atoms with Crippen molar-refractivity contribution in [2.45, 2.75) is 32.7 Å². The highest BCUT2D eigenvalue weighted by Gasteiger charge is 2.23. The first kappa shape index (κ1) is 19.6. The maximum absolute atomic E-state index is 12.5. The number of amides is 1. The van der Waals surface area contributed by atoms with Gasteiger partial charge in [0.2, 0.25) is 5.91 Å². The third-order valence-electron chi connectivity index (χ3n) is 5.77. The van der Waals surface area contributed by atoms with Gasteiger partial charge in [0.1, 0.15) is 5.01 Å². The third-order valence-corrected chi connectivity index (χ3v) is 6.71. The number of carbonyl (C=O) groups is 1. The highest BCUT2D eigenvalue weighted by Crippen LogP contribution is 2.24. The maximum atomic E-state index is 12.5. The monoisotopic (exact) mass is 398 g/mol. The maximum Gasteiger partial charge on any atom is 0.236 e. The Kier molecular flexibility index (Phi) is 6.40. The van der Waals surface area contributed by atoms with Crippen molar-refractivity contribution < 1.29 is 4.79 Å². The predicted octanol–water partition coefficient (Wildman–Crippen LogP) is 3.25. The van der Waals surface area contributed by atoms with Crippen molar-refractivity contribution in [3.8, 4) is 10.6 Å². The van der Waals surface area contributed by atoms with E-state index in [9.17, 15) is 4.79 Å². The van der Waals surface area contributed by atoms with Crippen molar-refractivity contribution in [1.29, 1.82) is 0 Å². The minimum atomic E-state index is 0.315. The van der Waals surface area contributed by atoms with Crippen LogP contribution in [0.15, 0.2) is 29.6 Å². The first-order chi connectivity index (χ1) is 13.7. The zero-order chi connectivity index (χ0) is 19.3. The Balaban J connectivity index is 1.24. The van der Waals surface area contributed by atoms with E-state index in [2.05, 4.69) is 51.3 Å². The number of likely N-dealkylation sites (tertiary alicyclic amines) is 1. The lowest BCUT2D eigenvalue weighted by molar-refractivity contribution is -0.133. The molecule has 6 heteroatoms. The number of benzene rings is 1. The van der Waals surface area contributed by atoms with E-state index in [1.165, 1.54) is 17.5 Å². The van der Waals surface area contributed by atoms with Crippen LogP contribution in [-0.4, -0.2) is 71.4 Å². The number of piperazine rings is 1. The van der Waals surface area contributed by atoms with Gasteiger partial charge in [-0.05, 0) is 26.2 Å². The molecule has 2 saturated heterocycles. The smallest absolute Gasteiger partial charge is 0.236 e. The molecule has 2 aliphatic heterocycles. The van der Waals surface area contributed by atoms with Gasteiger partial charge in [-0.2, -0.15) is 0 Å². The average Bonchev–Trinajstić information content (AvgIpc) is 3.19. The minimum absolute atomic E-state index is 0.315. The normalized spacial score (nSPS) is 19.1. The van der Waals surface area contributed by atoms with E-state index in [-0.39, 0.29) is 0 Å². The first-order valence-corrected chi connectivity index (χ1v) is 11.3. The molecule has 150 valence electrons. The lowest BCUT2D eigenvalue weighted by Gasteiger charge is -2.35. The van der Waals surface area contributed by atoms with E-state index in [1.54, 1.807) is 11.3 Å². The summed E-state index contributed by atoms with van der Waals surface area (Å²) in [6.07, 6.45) is 3.60. The summed E-state index contributed by atoms with van der Waals surface area (Å²) in [6, 6.07) is 8.58. The summed E-state index contributed by atoms with van der Waals surface area (Å²) in [5.74, 6) is 0.315. The standard InChI is InChI=1S/C22H30N4OS/c1-18-5-7-19(8-6-18)22-23-20(17-28-22)15-24-11-13-25(14-12-24)16-21(27)26-9-3-2-4-10-26/h5-8,17H,2-4,9-16H2,1H3. The van der Waals surface area contributed by atoms with Gasteiger partial charge in [-0.1, -0.05) is 29.8 Å². The van der Waals surface area contributed by atoms with Crippen LogP contribution in [0.25, 0.3) is 10.6 Å². The SMILES string of the molecule is Cc1ccc(-c2nc(CN3CCN(CC(=O)N4CCCCC4)CC3)cs2)cc1. The fraction of sp³-hybridized carbons (Fsp3) is 0.545. The first-order valence-electron chi connectivity index (χ1n) is 10.4. The summed E-state index contributed by atoms with van der Waals surface area (Å²) in [6.45, 7) is 9.44. The van der Waals surface area contributed by atoms with E-state index in [0.717, 1.165) is 69.4 Å². The van der Waals surface area contributed by atoms with E-state index < -0.39 is 0 Å². The van der Waals surface area contributed by atoms with E-state index >= 15 is 0 Å². The van der Waals surface area contributed by atoms with Crippen molar-refractivity contribution in [3.05, 3.63) is 40.9 Å². The molecule has 28 heavy (non-hydrogen) atoms. The molecule has 2 aliphatic rings. The molecule has 2 aromatic rings. The fourth-order valence-electron chi connectivity index (χ4n) is 3.98. The molecule has 0 radical (unpaired) electrons. The quantitative estimate of drug-likeness (QED) is 0.775. The Morgan fingerprint density at radius 1 is 0.964 bits per heavy atom. The van der Waals surface area contributed by atoms with Crippen LogP contribution in [0.3, 0.4) is 0 Å². The number of hydrogen-bond donors (Lipinski definition) is 0. The summed E-state index contributed by atoms with van der Waals surface area (Å²) in [7, 11) is 0. The van der Waals surface area contributed by atoms with Crippen molar-refractivity contribution in [2.75, 3.05) is 45.8 Å². The number of piperidine rings is 1. The lowest BCUT2D eigenvalue weighted by atomic mass is 10.1. The van der Waals surface area contributed by atoms with Crippen molar-refractivity contribution in [1.82, 2.24) is 19.7 Å². The molecule has 0 atom stereocenters. The highest BCUT2D eigenvalue weighted by atomic mass is 32.1. The van der Waals surface area contributed by atoms with E-state index in [1.807, 2.05) is 0 Å². The molecule has 0 N–H and O–H groups in total. The molecule has 0 bridgehead atoms. The Labute approximate surface area is 172 Å². The summed E-state index contributed by atoms with van der Waals surface area (Å²) < 4.78 is 0. The highest BCUT2D eigenvalue weighted by molar-refractivity contribution is 7.13. The van der Waals surface area contributed by atoms with Crippen LogP contribution < -0.4 is 0 Å². The second-order valence-electron chi connectivity index (χ2n) is 8.00. The molecule has 0 saturated carbocycles. The van der Waals surface area contributed by atoms with Crippen LogP contribution in [0, 0.1) is 6.92 Å². The largest absolute Gasteiger partial charge is 0.342 e. The number of aryl methyl sites for hydroxylation is 1. The molecule has 1 amide bonds. The van der Waals surface area contributed by atoms with Crippen LogP contribution in [0.1, 0.15) is 30.5 Å². The Bertz CT molecular complexity index is 774. The average molecular weight is 399 g/mol. The van der Waals surface area contributed by atoms with Crippen molar-refractivity contribution in [2.24, 2.45) is 0 Å². The van der Waals surface area contributed by atoms with Gasteiger partial charge in [-0.15, -0.1) is 11.3 Å². The van der Waals surface area contributed by atoms with Crippen LogP contribution in [-0.2, 0) is 11.3 Å². The van der Waals surface area contributed by atoms with Crippen LogP contribution in [0.2, 0.25) is 0 Å². The van der Waals surface area contributed by atoms with Gasteiger partial charge in [0, 0.05) is 56.8 Å². The Hall–Kier alpha value is -1.76. The van der Waals surface area contributed by atoms with Crippen LogP contribution in [0.4, 0.5) is 0 Å². The second-order valence-corrected chi connectivity index (χ2v) is 8.86. The minimum Gasteiger partial charge on any atom is -0.342 e. The van der Waals surface area contributed by atoms with Crippen molar-refractivity contribution in [3.63, 3.8) is 0 Å². The number of rotatable bonds is 5. The van der Waals surface area contributed by atoms with Crippen LogP contribution in [0.5, 0.6) is 0 Å². The zero-order valence-corrected chi connectivity index (χ0v) is 17.6. The van der Waals surface area contributed by atoms with Gasteiger partial charge >= 0.3 is 0 Å². The van der Waals surface area contributed by atoms with Crippen molar-refractivity contribution >= 4 is 17.2 Å². The third kappa shape index (κ3) is 4.99. The summed E-state index contributed by atoms with van der Waals surface area (Å²) in [5, 5.41) is 3.28.